The molecule has 0 radical (unpaired) electrons. The van der Waals surface area contributed by atoms with Crippen LogP contribution in [0.15, 0.2) is 42.5 Å². The molecule has 2 aromatic rings. The fraction of sp³-hybridized carbons (Fsp3) is 0.294. The molecule has 0 unspecified atom stereocenters. The van der Waals surface area contributed by atoms with Gasteiger partial charge in [-0.3, -0.25) is 0 Å². The van der Waals surface area contributed by atoms with E-state index in [1.807, 2.05) is 20.8 Å². The average Bonchev–Trinajstić information content (AvgIpc) is 2.39. The predicted molar refractivity (Wildman–Crippen MR) is 79.5 cm³/mol. The Balaban J connectivity index is 2.27. The summed E-state index contributed by atoms with van der Waals surface area (Å²) in [4.78, 5) is 0. The van der Waals surface area contributed by atoms with Crippen molar-refractivity contribution in [3.63, 3.8) is 0 Å². The second kappa shape index (κ2) is 6.22. The van der Waals surface area contributed by atoms with Crippen LogP contribution in [0.25, 0.3) is 0 Å². The minimum Gasteiger partial charge on any atom is -0.454 e. The first-order valence-electron chi connectivity index (χ1n) is 6.81. The summed E-state index contributed by atoms with van der Waals surface area (Å²) in [6.45, 7) is 6.28. The Kier molecular flexibility index (Phi) is 4.58. The molecule has 0 aliphatic carbocycles. The molecule has 0 saturated heterocycles. The maximum Gasteiger partial charge on any atom is 0.165 e. The highest BCUT2D eigenvalue weighted by Gasteiger charge is 2.15. The van der Waals surface area contributed by atoms with Gasteiger partial charge in [-0.1, -0.05) is 18.2 Å². The molecule has 0 spiro atoms. The van der Waals surface area contributed by atoms with Crippen LogP contribution in [0.4, 0.5) is 8.78 Å². The van der Waals surface area contributed by atoms with Crippen LogP contribution in [0, 0.1) is 11.6 Å². The lowest BCUT2D eigenvalue weighted by Crippen LogP contribution is -2.35. The van der Waals surface area contributed by atoms with E-state index in [-0.39, 0.29) is 17.1 Å². The molecule has 0 aliphatic rings. The molecule has 0 bridgehead atoms. The van der Waals surface area contributed by atoms with Crippen molar-refractivity contribution in [1.82, 2.24) is 5.32 Å². The predicted octanol–water partition coefficient (Wildman–Crippen LogP) is 4.65. The van der Waals surface area contributed by atoms with Crippen LogP contribution in [0.1, 0.15) is 26.3 Å². The first kappa shape index (κ1) is 15.4. The molecule has 0 saturated carbocycles. The minimum atomic E-state index is -0.475. The zero-order valence-electron chi connectivity index (χ0n) is 12.4. The van der Waals surface area contributed by atoms with E-state index in [9.17, 15) is 8.78 Å². The molecule has 0 heterocycles. The number of para-hydroxylation sites is 1. The van der Waals surface area contributed by atoms with Gasteiger partial charge in [0.15, 0.2) is 11.6 Å². The van der Waals surface area contributed by atoms with Gasteiger partial charge in [0, 0.05) is 17.6 Å². The fourth-order valence-corrected chi connectivity index (χ4v) is 1.81. The van der Waals surface area contributed by atoms with Gasteiger partial charge in [0.1, 0.15) is 11.6 Å². The average molecular weight is 291 g/mol. The second-order valence-electron chi connectivity index (χ2n) is 5.85. The van der Waals surface area contributed by atoms with Gasteiger partial charge in [-0.15, -0.1) is 0 Å². The summed E-state index contributed by atoms with van der Waals surface area (Å²) in [5, 5.41) is 3.21. The molecule has 2 rings (SSSR count). The third-order valence-corrected chi connectivity index (χ3v) is 2.93. The largest absolute Gasteiger partial charge is 0.454 e. The number of benzene rings is 2. The van der Waals surface area contributed by atoms with Gasteiger partial charge < -0.3 is 10.1 Å². The lowest BCUT2D eigenvalue weighted by Gasteiger charge is -2.22. The molecular weight excluding hydrogens is 272 g/mol. The first-order chi connectivity index (χ1) is 9.87. The van der Waals surface area contributed by atoms with Crippen LogP contribution in [-0.4, -0.2) is 5.54 Å². The molecule has 0 amide bonds. The van der Waals surface area contributed by atoms with Crippen LogP contribution < -0.4 is 10.1 Å². The SMILES string of the molecule is CC(C)(C)NCc1c(F)cccc1Oc1ccccc1F. The van der Waals surface area contributed by atoms with Crippen molar-refractivity contribution in [3.8, 4) is 11.5 Å². The van der Waals surface area contributed by atoms with Gasteiger partial charge in [0.05, 0.1) is 0 Å². The monoisotopic (exact) mass is 291 g/mol. The van der Waals surface area contributed by atoms with Gasteiger partial charge in [-0.05, 0) is 45.0 Å². The number of nitrogens with one attached hydrogen (secondary N) is 1. The molecule has 112 valence electrons. The highest BCUT2D eigenvalue weighted by molar-refractivity contribution is 5.39. The van der Waals surface area contributed by atoms with E-state index in [1.165, 1.54) is 18.2 Å². The van der Waals surface area contributed by atoms with Crippen LogP contribution in [0.2, 0.25) is 0 Å². The topological polar surface area (TPSA) is 21.3 Å². The number of hydrogen-bond donors (Lipinski definition) is 1. The maximum absolute atomic E-state index is 14.0. The second-order valence-corrected chi connectivity index (χ2v) is 5.85. The van der Waals surface area contributed by atoms with Crippen molar-refractivity contribution in [2.24, 2.45) is 0 Å². The Morgan fingerprint density at radius 2 is 1.52 bits per heavy atom. The van der Waals surface area contributed by atoms with Gasteiger partial charge in [-0.25, -0.2) is 8.78 Å². The Morgan fingerprint density at radius 3 is 2.19 bits per heavy atom. The zero-order valence-corrected chi connectivity index (χ0v) is 12.4. The summed E-state index contributed by atoms with van der Waals surface area (Å²) >= 11 is 0. The highest BCUT2D eigenvalue weighted by atomic mass is 19.1. The first-order valence-corrected chi connectivity index (χ1v) is 6.81. The van der Waals surface area contributed by atoms with Crippen molar-refractivity contribution in [3.05, 3.63) is 59.7 Å². The van der Waals surface area contributed by atoms with E-state index in [1.54, 1.807) is 24.3 Å². The van der Waals surface area contributed by atoms with Crippen LogP contribution in [-0.2, 0) is 6.54 Å². The Bertz CT molecular complexity index is 620. The zero-order chi connectivity index (χ0) is 15.5. The third-order valence-electron chi connectivity index (χ3n) is 2.93. The normalized spacial score (nSPS) is 11.5. The molecule has 1 N–H and O–H groups in total. The van der Waals surface area contributed by atoms with Crippen molar-refractivity contribution < 1.29 is 13.5 Å². The van der Waals surface area contributed by atoms with Gasteiger partial charge in [0.2, 0.25) is 0 Å². The molecule has 2 aromatic carbocycles. The standard InChI is InChI=1S/C17H19F2NO/c1-17(2,3)20-11-12-13(18)8-6-10-15(12)21-16-9-5-4-7-14(16)19/h4-10,20H,11H2,1-3H3. The summed E-state index contributed by atoms with van der Waals surface area (Å²) in [7, 11) is 0. The lowest BCUT2D eigenvalue weighted by molar-refractivity contribution is 0.399. The molecule has 2 nitrogen and oxygen atoms in total. The summed E-state index contributed by atoms with van der Waals surface area (Å²) in [6, 6.07) is 10.6. The summed E-state index contributed by atoms with van der Waals surface area (Å²) in [5.41, 5.74) is 0.230. The van der Waals surface area contributed by atoms with Crippen LogP contribution in [0.3, 0.4) is 0 Å². The minimum absolute atomic E-state index is 0.0834. The summed E-state index contributed by atoms with van der Waals surface area (Å²) < 4.78 is 33.2. The van der Waals surface area contributed by atoms with E-state index in [0.29, 0.717) is 17.9 Å². The van der Waals surface area contributed by atoms with Gasteiger partial charge in [0.25, 0.3) is 0 Å². The van der Waals surface area contributed by atoms with E-state index in [2.05, 4.69) is 5.32 Å². The molecule has 0 fully saturated rings. The van der Waals surface area contributed by atoms with E-state index in [4.69, 9.17) is 4.74 Å². The van der Waals surface area contributed by atoms with Crippen molar-refractivity contribution in [2.75, 3.05) is 0 Å². The Morgan fingerprint density at radius 1 is 0.905 bits per heavy atom. The fourth-order valence-electron chi connectivity index (χ4n) is 1.81. The van der Waals surface area contributed by atoms with Crippen molar-refractivity contribution >= 4 is 0 Å². The smallest absolute Gasteiger partial charge is 0.165 e. The van der Waals surface area contributed by atoms with E-state index < -0.39 is 5.82 Å². The maximum atomic E-state index is 14.0. The van der Waals surface area contributed by atoms with E-state index >= 15 is 0 Å². The molecule has 0 aromatic heterocycles. The van der Waals surface area contributed by atoms with Crippen LogP contribution in [0.5, 0.6) is 11.5 Å². The Hall–Kier alpha value is -1.94. The van der Waals surface area contributed by atoms with Crippen molar-refractivity contribution in [2.45, 2.75) is 32.9 Å². The van der Waals surface area contributed by atoms with Gasteiger partial charge in [-0.2, -0.15) is 0 Å². The molecule has 0 aliphatic heterocycles. The summed E-state index contributed by atoms with van der Waals surface area (Å²) in [6.07, 6.45) is 0. The van der Waals surface area contributed by atoms with Gasteiger partial charge >= 0.3 is 0 Å². The van der Waals surface area contributed by atoms with E-state index in [0.717, 1.165) is 0 Å². The molecule has 21 heavy (non-hydrogen) atoms. The van der Waals surface area contributed by atoms with Crippen molar-refractivity contribution in [1.29, 1.82) is 0 Å². The third kappa shape index (κ3) is 4.26. The molecular formula is C17H19F2NO. The Labute approximate surface area is 123 Å². The quantitative estimate of drug-likeness (QED) is 0.885. The summed E-state index contributed by atoms with van der Waals surface area (Å²) in [5.74, 6) is -0.450. The molecule has 0 atom stereocenters. The number of hydrogen-bond acceptors (Lipinski definition) is 2. The highest BCUT2D eigenvalue weighted by Crippen LogP contribution is 2.29. The number of halogens is 2. The lowest BCUT2D eigenvalue weighted by atomic mass is 10.1. The number of rotatable bonds is 4. The number of ether oxygens (including phenoxy) is 1. The molecule has 4 heteroatoms. The van der Waals surface area contributed by atoms with Crippen LogP contribution >= 0.6 is 0 Å².